The van der Waals surface area contributed by atoms with E-state index in [-0.39, 0.29) is 37.4 Å². The van der Waals surface area contributed by atoms with Crippen molar-refractivity contribution in [2.24, 2.45) is 0 Å². The van der Waals surface area contributed by atoms with Gasteiger partial charge < -0.3 is 25.4 Å². The first kappa shape index (κ1) is 26.0. The topological polar surface area (TPSA) is 135 Å². The maximum atomic E-state index is 12.9. The van der Waals surface area contributed by atoms with Gasteiger partial charge in [-0.05, 0) is 16.3 Å². The van der Waals surface area contributed by atoms with Crippen LogP contribution in [0.1, 0.15) is 12.0 Å². The van der Waals surface area contributed by atoms with Crippen molar-refractivity contribution in [1.82, 2.24) is 20.7 Å². The van der Waals surface area contributed by atoms with Gasteiger partial charge in [-0.1, -0.05) is 42.5 Å². The Morgan fingerprint density at radius 1 is 1.15 bits per heavy atom. The number of ether oxygens (including phenoxy) is 2. The fraction of sp³-hybridized carbons (Fsp3) is 0.478. The van der Waals surface area contributed by atoms with Crippen LogP contribution in [-0.2, 0) is 35.6 Å². The van der Waals surface area contributed by atoms with Gasteiger partial charge in [-0.15, -0.1) is 0 Å². The van der Waals surface area contributed by atoms with Crippen molar-refractivity contribution in [2.45, 2.75) is 31.1 Å². The van der Waals surface area contributed by atoms with Gasteiger partial charge in [0.05, 0.1) is 32.1 Å². The van der Waals surface area contributed by atoms with Crippen molar-refractivity contribution >= 4 is 32.6 Å². The average molecular weight is 493 g/mol. The summed E-state index contributed by atoms with van der Waals surface area (Å²) in [6.07, 6.45) is 0.953. The summed E-state index contributed by atoms with van der Waals surface area (Å²) in [6.45, 7) is 1.37. The summed E-state index contributed by atoms with van der Waals surface area (Å²) in [4.78, 5) is 25.1. The second-order valence-electron chi connectivity index (χ2n) is 8.37. The number of rotatable bonds is 13. The molecule has 0 unspecified atom stereocenters. The minimum Gasteiger partial charge on any atom is -0.383 e. The van der Waals surface area contributed by atoms with Crippen LogP contribution in [0.2, 0.25) is 0 Å². The number of hydrogen-bond donors (Lipinski definition) is 4. The Balaban J connectivity index is 1.59. The van der Waals surface area contributed by atoms with Gasteiger partial charge in [0.2, 0.25) is 21.8 Å². The van der Waals surface area contributed by atoms with Crippen molar-refractivity contribution in [3.05, 3.63) is 48.0 Å². The Morgan fingerprint density at radius 2 is 1.88 bits per heavy atom. The molecular formula is C23H32N4O6S. The summed E-state index contributed by atoms with van der Waals surface area (Å²) in [5, 5.41) is 10.9. The molecule has 0 spiro atoms. The van der Waals surface area contributed by atoms with Crippen molar-refractivity contribution in [2.75, 3.05) is 39.7 Å². The van der Waals surface area contributed by atoms with Gasteiger partial charge in [-0.3, -0.25) is 9.59 Å². The summed E-state index contributed by atoms with van der Waals surface area (Å²) < 4.78 is 36.3. The molecule has 1 heterocycles. The SMILES string of the molecule is COC[C@H](NC[C@H](CC(=O)NC1COC1)NS(C)(=O)=O)C(=O)NCc1cccc2ccccc12. The molecule has 3 rings (SSSR count). The molecule has 2 atom stereocenters. The summed E-state index contributed by atoms with van der Waals surface area (Å²) in [7, 11) is -2.08. The number of hydrogen-bond acceptors (Lipinski definition) is 7. The summed E-state index contributed by atoms with van der Waals surface area (Å²) in [6, 6.07) is 12.3. The molecule has 1 aliphatic rings. The summed E-state index contributed by atoms with van der Waals surface area (Å²) in [5.74, 6) is -0.580. The van der Waals surface area contributed by atoms with Gasteiger partial charge in [0.1, 0.15) is 6.04 Å². The molecule has 11 heteroatoms. The number of carbonyl (C=O) groups excluding carboxylic acids is 2. The lowest BCUT2D eigenvalue weighted by molar-refractivity contribution is -0.125. The lowest BCUT2D eigenvalue weighted by atomic mass is 10.0. The monoisotopic (exact) mass is 492 g/mol. The number of nitrogens with one attached hydrogen (secondary N) is 4. The van der Waals surface area contributed by atoms with E-state index in [1.54, 1.807) is 0 Å². The Morgan fingerprint density at radius 3 is 2.56 bits per heavy atom. The maximum absolute atomic E-state index is 12.9. The molecule has 0 saturated carbocycles. The van der Waals surface area contributed by atoms with Crippen LogP contribution in [0.3, 0.4) is 0 Å². The quantitative estimate of drug-likeness (QED) is 0.306. The molecular weight excluding hydrogens is 460 g/mol. The van der Waals surface area contributed by atoms with E-state index in [4.69, 9.17) is 9.47 Å². The Bertz CT molecular complexity index is 1080. The molecule has 1 aliphatic heterocycles. The van der Waals surface area contributed by atoms with Crippen LogP contribution >= 0.6 is 0 Å². The zero-order valence-corrected chi connectivity index (χ0v) is 20.2. The lowest BCUT2D eigenvalue weighted by Gasteiger charge is -2.28. The first-order chi connectivity index (χ1) is 16.2. The highest BCUT2D eigenvalue weighted by Gasteiger charge is 2.25. The molecule has 1 fully saturated rings. The molecule has 1 saturated heterocycles. The van der Waals surface area contributed by atoms with Crippen LogP contribution in [-0.4, -0.2) is 78.1 Å². The van der Waals surface area contributed by atoms with Gasteiger partial charge in [-0.25, -0.2) is 13.1 Å². The molecule has 4 N–H and O–H groups in total. The molecule has 186 valence electrons. The summed E-state index contributed by atoms with van der Waals surface area (Å²) >= 11 is 0. The second kappa shape index (κ2) is 12.2. The predicted octanol–water partition coefficient (Wildman–Crippen LogP) is -0.116. The Hall–Kier alpha value is -2.57. The third-order valence-corrected chi connectivity index (χ3v) is 6.17. The van der Waals surface area contributed by atoms with Crippen LogP contribution < -0.4 is 20.7 Å². The van der Waals surface area contributed by atoms with E-state index in [1.807, 2.05) is 42.5 Å². The van der Waals surface area contributed by atoms with Crippen LogP contribution in [0, 0.1) is 0 Å². The average Bonchev–Trinajstić information content (AvgIpc) is 2.76. The third-order valence-electron chi connectivity index (χ3n) is 5.41. The van der Waals surface area contributed by atoms with Crippen LogP contribution in [0.25, 0.3) is 10.8 Å². The highest BCUT2D eigenvalue weighted by Crippen LogP contribution is 2.18. The zero-order valence-electron chi connectivity index (χ0n) is 19.4. The molecule has 2 aromatic carbocycles. The van der Waals surface area contributed by atoms with Crippen LogP contribution in [0.5, 0.6) is 0 Å². The Kier molecular flexibility index (Phi) is 9.36. The smallest absolute Gasteiger partial charge is 0.239 e. The lowest BCUT2D eigenvalue weighted by Crippen LogP contribution is -2.54. The molecule has 0 bridgehead atoms. The highest BCUT2D eigenvalue weighted by atomic mass is 32.2. The zero-order chi connectivity index (χ0) is 24.6. The molecule has 2 aromatic rings. The minimum absolute atomic E-state index is 0.0552. The predicted molar refractivity (Wildman–Crippen MR) is 129 cm³/mol. The van der Waals surface area contributed by atoms with E-state index in [2.05, 4.69) is 20.7 Å². The normalized spacial score (nSPS) is 15.9. The number of methoxy groups -OCH3 is 1. The maximum Gasteiger partial charge on any atom is 0.239 e. The molecule has 0 radical (unpaired) electrons. The van der Waals surface area contributed by atoms with Crippen molar-refractivity contribution in [1.29, 1.82) is 0 Å². The van der Waals surface area contributed by atoms with E-state index in [0.717, 1.165) is 22.6 Å². The molecule has 0 aliphatic carbocycles. The van der Waals surface area contributed by atoms with Gasteiger partial charge in [0.15, 0.2) is 0 Å². The number of benzene rings is 2. The fourth-order valence-electron chi connectivity index (χ4n) is 3.72. The first-order valence-corrected chi connectivity index (χ1v) is 13.0. The van der Waals surface area contributed by atoms with Gasteiger partial charge in [0, 0.05) is 32.7 Å². The van der Waals surface area contributed by atoms with Crippen molar-refractivity contribution < 1.29 is 27.5 Å². The van der Waals surface area contributed by atoms with Gasteiger partial charge in [0.25, 0.3) is 0 Å². The molecule has 34 heavy (non-hydrogen) atoms. The fourth-order valence-corrected chi connectivity index (χ4v) is 4.49. The van der Waals surface area contributed by atoms with E-state index in [0.29, 0.717) is 19.8 Å². The van der Waals surface area contributed by atoms with E-state index < -0.39 is 22.1 Å². The summed E-state index contributed by atoms with van der Waals surface area (Å²) in [5.41, 5.74) is 0.982. The van der Waals surface area contributed by atoms with Crippen molar-refractivity contribution in [3.8, 4) is 0 Å². The second-order valence-corrected chi connectivity index (χ2v) is 10.1. The number of sulfonamides is 1. The number of amides is 2. The van der Waals surface area contributed by atoms with Crippen molar-refractivity contribution in [3.63, 3.8) is 0 Å². The van der Waals surface area contributed by atoms with Gasteiger partial charge in [-0.2, -0.15) is 0 Å². The first-order valence-electron chi connectivity index (χ1n) is 11.1. The van der Waals surface area contributed by atoms with E-state index >= 15 is 0 Å². The van der Waals surface area contributed by atoms with Crippen LogP contribution in [0.15, 0.2) is 42.5 Å². The van der Waals surface area contributed by atoms with Crippen LogP contribution in [0.4, 0.5) is 0 Å². The molecule has 2 amide bonds. The standard InChI is InChI=1S/C23H32N4O6S/c1-32-15-21(23(29)25-11-17-8-5-7-16-6-3-4-9-20(16)17)24-12-18(27-34(2,30)31)10-22(28)26-19-13-33-14-19/h3-9,18-19,21,24,27H,10-15H2,1-2H3,(H,25,29)(H,26,28)/t18-,21-/m0/s1. The van der Waals surface area contributed by atoms with E-state index in [1.165, 1.54) is 7.11 Å². The highest BCUT2D eigenvalue weighted by molar-refractivity contribution is 7.88. The molecule has 0 aromatic heterocycles. The van der Waals surface area contributed by atoms with Gasteiger partial charge >= 0.3 is 0 Å². The third kappa shape index (κ3) is 8.03. The number of carbonyl (C=O) groups is 2. The van der Waals surface area contributed by atoms with E-state index in [9.17, 15) is 18.0 Å². The Labute approximate surface area is 199 Å². The number of fused-ring (bicyclic) bond motifs is 1. The minimum atomic E-state index is -3.56. The molecule has 10 nitrogen and oxygen atoms in total. The largest absolute Gasteiger partial charge is 0.383 e.